The van der Waals surface area contributed by atoms with Gasteiger partial charge in [-0.15, -0.1) is 0 Å². The summed E-state index contributed by atoms with van der Waals surface area (Å²) in [6.45, 7) is 1.97. The zero-order valence-electron chi connectivity index (χ0n) is 11.6. The average molecular weight is 270 g/mol. The van der Waals surface area contributed by atoms with E-state index in [4.69, 9.17) is 5.84 Å². The standard InChI is InChI=1S/C17H19FN2/c1-11-6-7-16(18)15(8-11)17(20-19)10-13-9-12-4-2-3-5-14(12)13/h2-8,13,17,20H,9-10,19H2,1H3. The Hall–Kier alpha value is -1.71. The molecule has 2 unspecified atom stereocenters. The van der Waals surface area contributed by atoms with Crippen molar-refractivity contribution in [2.45, 2.75) is 31.7 Å². The fourth-order valence-corrected chi connectivity index (χ4v) is 3.07. The van der Waals surface area contributed by atoms with Gasteiger partial charge in [-0.25, -0.2) is 4.39 Å². The molecular weight excluding hydrogens is 251 g/mol. The molecule has 0 amide bonds. The second-order valence-corrected chi connectivity index (χ2v) is 5.58. The first kappa shape index (κ1) is 13.3. The minimum atomic E-state index is -0.189. The van der Waals surface area contributed by atoms with Gasteiger partial charge in [-0.05, 0) is 42.9 Å². The number of rotatable bonds is 4. The number of halogens is 1. The van der Waals surface area contributed by atoms with E-state index in [0.717, 1.165) is 18.4 Å². The first-order chi connectivity index (χ1) is 9.69. The minimum Gasteiger partial charge on any atom is -0.271 e. The third-order valence-corrected chi connectivity index (χ3v) is 4.21. The van der Waals surface area contributed by atoms with Crippen molar-refractivity contribution in [2.24, 2.45) is 5.84 Å². The summed E-state index contributed by atoms with van der Waals surface area (Å²) < 4.78 is 14.0. The van der Waals surface area contributed by atoms with E-state index in [-0.39, 0.29) is 11.9 Å². The first-order valence-corrected chi connectivity index (χ1v) is 6.99. The molecule has 0 heterocycles. The van der Waals surface area contributed by atoms with Crippen LogP contribution in [-0.2, 0) is 6.42 Å². The number of nitrogens with one attached hydrogen (secondary N) is 1. The van der Waals surface area contributed by atoms with Gasteiger partial charge in [0.1, 0.15) is 5.82 Å². The zero-order chi connectivity index (χ0) is 14.1. The summed E-state index contributed by atoms with van der Waals surface area (Å²) in [5.41, 5.74) is 7.27. The maximum atomic E-state index is 14.0. The van der Waals surface area contributed by atoms with E-state index in [1.165, 1.54) is 17.2 Å². The molecule has 3 rings (SSSR count). The van der Waals surface area contributed by atoms with E-state index in [1.807, 2.05) is 13.0 Å². The number of benzene rings is 2. The summed E-state index contributed by atoms with van der Waals surface area (Å²) in [5, 5.41) is 0. The molecule has 2 aromatic rings. The van der Waals surface area contributed by atoms with E-state index in [9.17, 15) is 4.39 Å². The lowest BCUT2D eigenvalue weighted by Crippen LogP contribution is -2.32. The number of aryl methyl sites for hydroxylation is 1. The second kappa shape index (κ2) is 5.35. The topological polar surface area (TPSA) is 38.0 Å². The van der Waals surface area contributed by atoms with Crippen molar-refractivity contribution in [3.63, 3.8) is 0 Å². The van der Waals surface area contributed by atoms with Crippen LogP contribution >= 0.6 is 0 Å². The average Bonchev–Trinajstić information content (AvgIpc) is 2.43. The molecule has 3 N–H and O–H groups in total. The van der Waals surface area contributed by atoms with Crippen LogP contribution in [0.5, 0.6) is 0 Å². The molecule has 1 aliphatic carbocycles. The monoisotopic (exact) mass is 270 g/mol. The highest BCUT2D eigenvalue weighted by Gasteiger charge is 2.29. The zero-order valence-corrected chi connectivity index (χ0v) is 11.6. The van der Waals surface area contributed by atoms with Crippen molar-refractivity contribution < 1.29 is 4.39 Å². The van der Waals surface area contributed by atoms with Crippen LogP contribution in [0.2, 0.25) is 0 Å². The highest BCUT2D eigenvalue weighted by atomic mass is 19.1. The molecule has 0 fully saturated rings. The van der Waals surface area contributed by atoms with Gasteiger partial charge < -0.3 is 0 Å². The van der Waals surface area contributed by atoms with Gasteiger partial charge in [0.25, 0.3) is 0 Å². The fourth-order valence-electron chi connectivity index (χ4n) is 3.07. The number of hydrogen-bond acceptors (Lipinski definition) is 2. The van der Waals surface area contributed by atoms with Gasteiger partial charge in [-0.1, -0.05) is 42.0 Å². The lowest BCUT2D eigenvalue weighted by Gasteiger charge is -2.33. The molecule has 104 valence electrons. The Morgan fingerprint density at radius 3 is 2.85 bits per heavy atom. The van der Waals surface area contributed by atoms with Gasteiger partial charge >= 0.3 is 0 Å². The summed E-state index contributed by atoms with van der Waals surface area (Å²) in [5.74, 6) is 5.93. The van der Waals surface area contributed by atoms with Crippen molar-refractivity contribution in [3.8, 4) is 0 Å². The Morgan fingerprint density at radius 2 is 2.10 bits per heavy atom. The number of hydrogen-bond donors (Lipinski definition) is 2. The maximum absolute atomic E-state index is 14.0. The molecular formula is C17H19FN2. The van der Waals surface area contributed by atoms with Crippen molar-refractivity contribution in [1.29, 1.82) is 0 Å². The normalized spacial score (nSPS) is 18.2. The number of fused-ring (bicyclic) bond motifs is 1. The molecule has 0 saturated heterocycles. The molecule has 1 aliphatic rings. The first-order valence-electron chi connectivity index (χ1n) is 6.99. The molecule has 0 saturated carbocycles. The largest absolute Gasteiger partial charge is 0.271 e. The molecule has 2 aromatic carbocycles. The van der Waals surface area contributed by atoms with Crippen LogP contribution in [0.25, 0.3) is 0 Å². The number of nitrogens with two attached hydrogens (primary N) is 1. The van der Waals surface area contributed by atoms with Gasteiger partial charge in [0, 0.05) is 11.6 Å². The molecule has 0 radical (unpaired) electrons. The maximum Gasteiger partial charge on any atom is 0.128 e. The molecule has 0 aliphatic heterocycles. The summed E-state index contributed by atoms with van der Waals surface area (Å²) in [4.78, 5) is 0. The van der Waals surface area contributed by atoms with E-state index in [1.54, 1.807) is 6.07 Å². The van der Waals surface area contributed by atoms with Crippen LogP contribution in [0.3, 0.4) is 0 Å². The molecule has 0 bridgehead atoms. The van der Waals surface area contributed by atoms with Gasteiger partial charge in [0.15, 0.2) is 0 Å². The van der Waals surface area contributed by atoms with E-state index < -0.39 is 0 Å². The fraction of sp³-hybridized carbons (Fsp3) is 0.294. The Labute approximate surface area is 118 Å². The molecule has 20 heavy (non-hydrogen) atoms. The van der Waals surface area contributed by atoms with Crippen LogP contribution < -0.4 is 11.3 Å². The third-order valence-electron chi connectivity index (χ3n) is 4.21. The molecule has 0 spiro atoms. The molecule has 2 nitrogen and oxygen atoms in total. The SMILES string of the molecule is Cc1ccc(F)c(C(CC2Cc3ccccc32)NN)c1. The van der Waals surface area contributed by atoms with Crippen LogP contribution in [0.1, 0.15) is 40.6 Å². The van der Waals surface area contributed by atoms with Gasteiger partial charge in [-0.3, -0.25) is 11.3 Å². The summed E-state index contributed by atoms with van der Waals surface area (Å²) in [6.07, 6.45) is 1.88. The Balaban J connectivity index is 1.80. The van der Waals surface area contributed by atoms with Crippen molar-refractivity contribution in [1.82, 2.24) is 5.43 Å². The highest BCUT2D eigenvalue weighted by molar-refractivity contribution is 5.40. The predicted octanol–water partition coefficient (Wildman–Crippen LogP) is 3.37. The summed E-state index contributed by atoms with van der Waals surface area (Å²) in [7, 11) is 0. The van der Waals surface area contributed by atoms with Gasteiger partial charge in [-0.2, -0.15) is 0 Å². The van der Waals surface area contributed by atoms with Crippen LogP contribution in [0, 0.1) is 12.7 Å². The predicted molar refractivity (Wildman–Crippen MR) is 78.7 cm³/mol. The van der Waals surface area contributed by atoms with Crippen LogP contribution in [0.4, 0.5) is 4.39 Å². The lowest BCUT2D eigenvalue weighted by molar-refractivity contribution is 0.421. The highest BCUT2D eigenvalue weighted by Crippen LogP contribution is 2.40. The number of hydrazine groups is 1. The van der Waals surface area contributed by atoms with Crippen molar-refractivity contribution in [2.75, 3.05) is 0 Å². The van der Waals surface area contributed by atoms with E-state index in [0.29, 0.717) is 11.5 Å². The smallest absolute Gasteiger partial charge is 0.128 e. The molecule has 0 aromatic heterocycles. The molecule has 3 heteroatoms. The Bertz CT molecular complexity index is 624. The minimum absolute atomic E-state index is 0.145. The third kappa shape index (κ3) is 2.35. The summed E-state index contributed by atoms with van der Waals surface area (Å²) >= 11 is 0. The molecule has 2 atom stereocenters. The Morgan fingerprint density at radius 1 is 1.30 bits per heavy atom. The lowest BCUT2D eigenvalue weighted by atomic mass is 9.74. The van der Waals surface area contributed by atoms with Gasteiger partial charge in [0.05, 0.1) is 0 Å². The van der Waals surface area contributed by atoms with Crippen molar-refractivity contribution >= 4 is 0 Å². The van der Waals surface area contributed by atoms with Gasteiger partial charge in [0.2, 0.25) is 0 Å². The van der Waals surface area contributed by atoms with E-state index in [2.05, 4.69) is 29.7 Å². The quantitative estimate of drug-likeness (QED) is 0.660. The van der Waals surface area contributed by atoms with Crippen LogP contribution in [-0.4, -0.2) is 0 Å². The van der Waals surface area contributed by atoms with Crippen LogP contribution in [0.15, 0.2) is 42.5 Å². The summed E-state index contributed by atoms with van der Waals surface area (Å²) in [6, 6.07) is 13.5. The van der Waals surface area contributed by atoms with Crippen molar-refractivity contribution in [3.05, 3.63) is 70.5 Å². The Kier molecular flexibility index (Phi) is 3.55. The van der Waals surface area contributed by atoms with E-state index >= 15 is 0 Å². The second-order valence-electron chi connectivity index (χ2n) is 5.58.